The molecule has 1 aromatic heterocycles. The molecule has 1 atom stereocenters. The first-order valence-corrected chi connectivity index (χ1v) is 4.31. The number of pyridine rings is 1. The number of aliphatic hydroxyl groups excluding tert-OH is 1. The Morgan fingerprint density at radius 3 is 3.00 bits per heavy atom. The fourth-order valence-electron chi connectivity index (χ4n) is 0.953. The molecule has 0 aliphatic heterocycles. The molecule has 0 radical (unpaired) electrons. The van der Waals surface area contributed by atoms with Crippen LogP contribution in [0.1, 0.15) is 5.69 Å². The molecular weight excluding hydrogens is 166 g/mol. The third-order valence-electron chi connectivity index (χ3n) is 1.68. The number of hydrogen-bond acceptors (Lipinski definition) is 4. The van der Waals surface area contributed by atoms with Crippen LogP contribution in [0.25, 0.3) is 0 Å². The van der Waals surface area contributed by atoms with Crippen LogP contribution >= 0.6 is 0 Å². The van der Waals surface area contributed by atoms with E-state index in [1.54, 1.807) is 6.20 Å². The maximum Gasteiger partial charge on any atom is 0.0786 e. The number of nitrogens with zero attached hydrogens (tertiary/aromatic N) is 1. The smallest absolute Gasteiger partial charge is 0.0786 e. The Balaban J connectivity index is 2.20. The molecular formula is C9H15N3O. The van der Waals surface area contributed by atoms with Gasteiger partial charge in [0.1, 0.15) is 0 Å². The van der Waals surface area contributed by atoms with E-state index in [1.165, 1.54) is 0 Å². The summed E-state index contributed by atoms with van der Waals surface area (Å²) in [5.74, 6) is 0. The van der Waals surface area contributed by atoms with E-state index in [9.17, 15) is 0 Å². The van der Waals surface area contributed by atoms with E-state index in [0.29, 0.717) is 13.1 Å². The lowest BCUT2D eigenvalue weighted by Crippen LogP contribution is -2.32. The molecule has 0 aliphatic rings. The Hall–Kier alpha value is -0.970. The molecule has 4 N–H and O–H groups in total. The van der Waals surface area contributed by atoms with E-state index in [4.69, 9.17) is 10.8 Å². The summed E-state index contributed by atoms with van der Waals surface area (Å²) in [6.07, 6.45) is 1.28. The number of aliphatic hydroxyl groups is 1. The van der Waals surface area contributed by atoms with Crippen molar-refractivity contribution in [3.05, 3.63) is 30.1 Å². The average Bonchev–Trinajstić information content (AvgIpc) is 2.19. The van der Waals surface area contributed by atoms with Gasteiger partial charge in [0, 0.05) is 25.8 Å². The zero-order chi connectivity index (χ0) is 9.52. The number of hydrogen-bond donors (Lipinski definition) is 3. The van der Waals surface area contributed by atoms with Crippen molar-refractivity contribution in [2.24, 2.45) is 5.73 Å². The van der Waals surface area contributed by atoms with Crippen molar-refractivity contribution < 1.29 is 5.11 Å². The number of nitrogens with one attached hydrogen (secondary N) is 1. The number of aromatic nitrogens is 1. The topological polar surface area (TPSA) is 71.2 Å². The van der Waals surface area contributed by atoms with Crippen LogP contribution < -0.4 is 11.1 Å². The molecule has 0 saturated heterocycles. The predicted molar refractivity (Wildman–Crippen MR) is 51.0 cm³/mol. The van der Waals surface area contributed by atoms with E-state index in [-0.39, 0.29) is 6.54 Å². The molecule has 1 heterocycles. The SMILES string of the molecule is NCC(O)CNCc1ccccn1. The lowest BCUT2D eigenvalue weighted by molar-refractivity contribution is 0.179. The molecule has 0 amide bonds. The molecule has 4 heteroatoms. The van der Waals surface area contributed by atoms with E-state index in [0.717, 1.165) is 5.69 Å². The first-order chi connectivity index (χ1) is 6.33. The van der Waals surface area contributed by atoms with Gasteiger partial charge in [-0.3, -0.25) is 4.98 Å². The minimum absolute atomic E-state index is 0.287. The fourth-order valence-corrected chi connectivity index (χ4v) is 0.953. The molecule has 0 bridgehead atoms. The zero-order valence-corrected chi connectivity index (χ0v) is 7.48. The maximum atomic E-state index is 9.13. The van der Waals surface area contributed by atoms with Crippen LogP contribution in [-0.4, -0.2) is 29.3 Å². The highest BCUT2D eigenvalue weighted by atomic mass is 16.3. The Morgan fingerprint density at radius 1 is 1.54 bits per heavy atom. The summed E-state index contributed by atoms with van der Waals surface area (Å²) >= 11 is 0. The van der Waals surface area contributed by atoms with Gasteiger partial charge >= 0.3 is 0 Å². The Morgan fingerprint density at radius 2 is 2.38 bits per heavy atom. The highest BCUT2D eigenvalue weighted by molar-refractivity contribution is 5.02. The molecule has 4 nitrogen and oxygen atoms in total. The minimum atomic E-state index is -0.469. The summed E-state index contributed by atoms with van der Waals surface area (Å²) in [4.78, 5) is 4.13. The molecule has 1 unspecified atom stereocenters. The third-order valence-corrected chi connectivity index (χ3v) is 1.68. The van der Waals surface area contributed by atoms with Crippen LogP contribution in [0.5, 0.6) is 0 Å². The van der Waals surface area contributed by atoms with Gasteiger partial charge in [-0.1, -0.05) is 6.07 Å². The molecule has 0 aromatic carbocycles. The highest BCUT2D eigenvalue weighted by Crippen LogP contribution is 1.91. The van der Waals surface area contributed by atoms with Crippen molar-refractivity contribution in [2.45, 2.75) is 12.6 Å². The molecule has 13 heavy (non-hydrogen) atoms. The summed E-state index contributed by atoms with van der Waals surface area (Å²) in [5, 5.41) is 12.2. The number of nitrogens with two attached hydrogens (primary N) is 1. The van der Waals surface area contributed by atoms with Crippen LogP contribution in [0.2, 0.25) is 0 Å². The van der Waals surface area contributed by atoms with Crippen molar-refractivity contribution in [1.82, 2.24) is 10.3 Å². The Bertz CT molecular complexity index is 228. The predicted octanol–water partition coefficient (Wildman–Crippen LogP) is -0.509. The Labute approximate surface area is 77.8 Å². The summed E-state index contributed by atoms with van der Waals surface area (Å²) in [6, 6.07) is 5.74. The van der Waals surface area contributed by atoms with Crippen LogP contribution in [0, 0.1) is 0 Å². The van der Waals surface area contributed by atoms with Crippen molar-refractivity contribution in [1.29, 1.82) is 0 Å². The maximum absolute atomic E-state index is 9.13. The molecule has 1 rings (SSSR count). The van der Waals surface area contributed by atoms with Gasteiger partial charge < -0.3 is 16.2 Å². The van der Waals surface area contributed by atoms with Gasteiger partial charge in [0.25, 0.3) is 0 Å². The molecule has 0 fully saturated rings. The van der Waals surface area contributed by atoms with E-state index < -0.39 is 6.10 Å². The van der Waals surface area contributed by atoms with Crippen molar-refractivity contribution in [2.75, 3.05) is 13.1 Å². The summed E-state index contributed by atoms with van der Waals surface area (Å²) in [5.41, 5.74) is 6.21. The van der Waals surface area contributed by atoms with E-state index >= 15 is 0 Å². The lowest BCUT2D eigenvalue weighted by atomic mass is 10.3. The highest BCUT2D eigenvalue weighted by Gasteiger charge is 1.99. The zero-order valence-electron chi connectivity index (χ0n) is 7.48. The molecule has 0 spiro atoms. The summed E-state index contributed by atoms with van der Waals surface area (Å²) in [7, 11) is 0. The van der Waals surface area contributed by atoms with Crippen LogP contribution in [0.15, 0.2) is 24.4 Å². The normalized spacial score (nSPS) is 12.8. The monoisotopic (exact) mass is 181 g/mol. The minimum Gasteiger partial charge on any atom is -0.390 e. The second-order valence-electron chi connectivity index (χ2n) is 2.84. The van der Waals surface area contributed by atoms with Gasteiger partial charge in [-0.05, 0) is 12.1 Å². The van der Waals surface area contributed by atoms with Gasteiger partial charge in [-0.25, -0.2) is 0 Å². The van der Waals surface area contributed by atoms with Crippen molar-refractivity contribution >= 4 is 0 Å². The number of rotatable bonds is 5. The second-order valence-corrected chi connectivity index (χ2v) is 2.84. The fraction of sp³-hybridized carbons (Fsp3) is 0.444. The molecule has 0 aliphatic carbocycles. The first-order valence-electron chi connectivity index (χ1n) is 4.31. The van der Waals surface area contributed by atoms with Gasteiger partial charge in [0.15, 0.2) is 0 Å². The van der Waals surface area contributed by atoms with E-state index in [2.05, 4.69) is 10.3 Å². The average molecular weight is 181 g/mol. The van der Waals surface area contributed by atoms with Gasteiger partial charge in [0.2, 0.25) is 0 Å². The van der Waals surface area contributed by atoms with Crippen molar-refractivity contribution in [3.8, 4) is 0 Å². The van der Waals surface area contributed by atoms with Crippen molar-refractivity contribution in [3.63, 3.8) is 0 Å². The van der Waals surface area contributed by atoms with Crippen LogP contribution in [-0.2, 0) is 6.54 Å². The van der Waals surface area contributed by atoms with Gasteiger partial charge in [0.05, 0.1) is 11.8 Å². The second kappa shape index (κ2) is 5.64. The first kappa shape index (κ1) is 10.1. The largest absolute Gasteiger partial charge is 0.390 e. The summed E-state index contributed by atoms with van der Waals surface area (Å²) < 4.78 is 0. The van der Waals surface area contributed by atoms with Crippen LogP contribution in [0.4, 0.5) is 0 Å². The quantitative estimate of drug-likeness (QED) is 0.572. The van der Waals surface area contributed by atoms with Crippen LogP contribution in [0.3, 0.4) is 0 Å². The summed E-state index contributed by atoms with van der Waals surface area (Å²) in [6.45, 7) is 1.46. The standard InChI is InChI=1S/C9H15N3O/c10-5-9(13)7-11-6-8-3-1-2-4-12-8/h1-4,9,11,13H,5-7,10H2. The Kier molecular flexibility index (Phi) is 4.39. The van der Waals surface area contributed by atoms with Gasteiger partial charge in [-0.2, -0.15) is 0 Å². The molecule has 1 aromatic rings. The van der Waals surface area contributed by atoms with E-state index in [1.807, 2.05) is 18.2 Å². The molecule has 72 valence electrons. The third kappa shape index (κ3) is 3.98. The van der Waals surface area contributed by atoms with Gasteiger partial charge in [-0.15, -0.1) is 0 Å². The lowest BCUT2D eigenvalue weighted by Gasteiger charge is -2.08. The molecule has 0 saturated carbocycles.